The number of rotatable bonds is 7. The van der Waals surface area contributed by atoms with Crippen LogP contribution >= 0.6 is 0 Å². The molecule has 1 heterocycles. The minimum atomic E-state index is -0.291. The SMILES string of the molecule is COC(COCCC1OCCO1)OC. The third-order valence-corrected chi connectivity index (χ3v) is 1.97. The largest absolute Gasteiger partial charge is 0.376 e. The fourth-order valence-corrected chi connectivity index (χ4v) is 1.17. The highest BCUT2D eigenvalue weighted by Crippen LogP contribution is 2.07. The summed E-state index contributed by atoms with van der Waals surface area (Å²) in [5.41, 5.74) is 0. The van der Waals surface area contributed by atoms with Crippen molar-refractivity contribution >= 4 is 0 Å². The van der Waals surface area contributed by atoms with Crippen LogP contribution in [0.25, 0.3) is 0 Å². The summed E-state index contributed by atoms with van der Waals surface area (Å²) in [7, 11) is 3.17. The molecule has 0 atom stereocenters. The molecule has 0 amide bonds. The van der Waals surface area contributed by atoms with E-state index in [9.17, 15) is 0 Å². The predicted octanol–water partition coefficient (Wildman–Crippen LogP) is 0.385. The Morgan fingerprint density at radius 2 is 1.86 bits per heavy atom. The fraction of sp³-hybridized carbons (Fsp3) is 1.00. The van der Waals surface area contributed by atoms with E-state index in [-0.39, 0.29) is 12.6 Å². The lowest BCUT2D eigenvalue weighted by Gasteiger charge is -2.14. The molecule has 0 aromatic rings. The second kappa shape index (κ2) is 7.14. The topological polar surface area (TPSA) is 46.2 Å². The maximum atomic E-state index is 5.33. The lowest BCUT2D eigenvalue weighted by atomic mass is 10.4. The van der Waals surface area contributed by atoms with Gasteiger partial charge in [-0.3, -0.25) is 0 Å². The van der Waals surface area contributed by atoms with Crippen LogP contribution in [-0.2, 0) is 23.7 Å². The van der Waals surface area contributed by atoms with E-state index in [1.54, 1.807) is 14.2 Å². The number of hydrogen-bond acceptors (Lipinski definition) is 5. The molecule has 0 radical (unpaired) electrons. The number of methoxy groups -OCH3 is 2. The monoisotopic (exact) mass is 206 g/mol. The smallest absolute Gasteiger partial charge is 0.180 e. The lowest BCUT2D eigenvalue weighted by Crippen LogP contribution is -2.21. The van der Waals surface area contributed by atoms with Crippen molar-refractivity contribution in [2.75, 3.05) is 40.6 Å². The highest BCUT2D eigenvalue weighted by molar-refractivity contribution is 4.51. The van der Waals surface area contributed by atoms with Gasteiger partial charge in [-0.25, -0.2) is 0 Å². The first-order valence-electron chi connectivity index (χ1n) is 4.73. The first-order chi connectivity index (χ1) is 6.86. The molecule has 1 fully saturated rings. The summed E-state index contributed by atoms with van der Waals surface area (Å²) >= 11 is 0. The van der Waals surface area contributed by atoms with Gasteiger partial charge in [-0.05, 0) is 0 Å². The van der Waals surface area contributed by atoms with E-state index >= 15 is 0 Å². The molecule has 0 saturated carbocycles. The third kappa shape index (κ3) is 4.34. The molecule has 0 spiro atoms. The highest BCUT2D eigenvalue weighted by atomic mass is 16.7. The van der Waals surface area contributed by atoms with Gasteiger partial charge in [0.25, 0.3) is 0 Å². The van der Waals surface area contributed by atoms with Gasteiger partial charge in [-0.1, -0.05) is 0 Å². The molecule has 0 aromatic heterocycles. The van der Waals surface area contributed by atoms with Crippen molar-refractivity contribution in [2.24, 2.45) is 0 Å². The summed E-state index contributed by atoms with van der Waals surface area (Å²) in [6.45, 7) is 2.39. The van der Waals surface area contributed by atoms with Gasteiger partial charge < -0.3 is 23.7 Å². The standard InChI is InChI=1S/C9H18O5/c1-10-9(11-2)7-12-4-3-8-13-5-6-14-8/h8-9H,3-7H2,1-2H3. The Morgan fingerprint density at radius 3 is 2.43 bits per heavy atom. The molecule has 5 heteroatoms. The van der Waals surface area contributed by atoms with Crippen LogP contribution in [0.1, 0.15) is 6.42 Å². The molecule has 0 N–H and O–H groups in total. The molecule has 0 unspecified atom stereocenters. The predicted molar refractivity (Wildman–Crippen MR) is 48.9 cm³/mol. The van der Waals surface area contributed by atoms with Gasteiger partial charge in [0, 0.05) is 20.6 Å². The minimum Gasteiger partial charge on any atom is -0.376 e. The van der Waals surface area contributed by atoms with Gasteiger partial charge in [-0.15, -0.1) is 0 Å². The van der Waals surface area contributed by atoms with Gasteiger partial charge in [-0.2, -0.15) is 0 Å². The average Bonchev–Trinajstić information content (AvgIpc) is 2.71. The molecule has 1 aliphatic rings. The van der Waals surface area contributed by atoms with Crippen molar-refractivity contribution in [1.82, 2.24) is 0 Å². The maximum absolute atomic E-state index is 5.33. The molecule has 1 rings (SSSR count). The molecule has 1 aliphatic heterocycles. The van der Waals surface area contributed by atoms with E-state index in [0.29, 0.717) is 26.4 Å². The fourth-order valence-electron chi connectivity index (χ4n) is 1.17. The number of hydrogen-bond donors (Lipinski definition) is 0. The van der Waals surface area contributed by atoms with Crippen molar-refractivity contribution in [1.29, 1.82) is 0 Å². The second-order valence-corrected chi connectivity index (χ2v) is 2.94. The first kappa shape index (κ1) is 11.9. The Morgan fingerprint density at radius 1 is 1.21 bits per heavy atom. The molecule has 1 saturated heterocycles. The van der Waals surface area contributed by atoms with Crippen molar-refractivity contribution in [3.63, 3.8) is 0 Å². The van der Waals surface area contributed by atoms with E-state index in [2.05, 4.69) is 0 Å². The zero-order chi connectivity index (χ0) is 10.2. The van der Waals surface area contributed by atoms with Crippen LogP contribution in [-0.4, -0.2) is 53.2 Å². The Labute approximate surface area is 84.2 Å². The first-order valence-corrected chi connectivity index (χ1v) is 4.73. The van der Waals surface area contributed by atoms with Crippen LogP contribution in [0.15, 0.2) is 0 Å². The van der Waals surface area contributed by atoms with E-state index in [1.165, 1.54) is 0 Å². The van der Waals surface area contributed by atoms with Crippen LogP contribution in [0.4, 0.5) is 0 Å². The Kier molecular flexibility index (Phi) is 6.05. The van der Waals surface area contributed by atoms with Gasteiger partial charge in [0.05, 0.1) is 26.4 Å². The summed E-state index contributed by atoms with van der Waals surface area (Å²) in [5.74, 6) is 0. The van der Waals surface area contributed by atoms with Crippen LogP contribution in [0, 0.1) is 0 Å². The quantitative estimate of drug-likeness (QED) is 0.445. The summed E-state index contributed by atoms with van der Waals surface area (Å²) in [5, 5.41) is 0. The van der Waals surface area contributed by atoms with Gasteiger partial charge in [0.15, 0.2) is 12.6 Å². The van der Waals surface area contributed by atoms with Crippen molar-refractivity contribution in [2.45, 2.75) is 19.0 Å². The molecular formula is C9H18O5. The van der Waals surface area contributed by atoms with Gasteiger partial charge in [0.2, 0.25) is 0 Å². The van der Waals surface area contributed by atoms with Crippen LogP contribution in [0.5, 0.6) is 0 Å². The molecular weight excluding hydrogens is 188 g/mol. The maximum Gasteiger partial charge on any atom is 0.180 e. The Bertz CT molecular complexity index is 127. The normalized spacial score (nSPS) is 18.2. The average molecular weight is 206 g/mol. The molecule has 5 nitrogen and oxygen atoms in total. The lowest BCUT2D eigenvalue weighted by molar-refractivity contribution is -0.145. The zero-order valence-corrected chi connectivity index (χ0v) is 8.73. The van der Waals surface area contributed by atoms with Crippen molar-refractivity contribution in [3.8, 4) is 0 Å². The molecule has 84 valence electrons. The van der Waals surface area contributed by atoms with E-state index < -0.39 is 0 Å². The second-order valence-electron chi connectivity index (χ2n) is 2.94. The summed E-state index contributed by atoms with van der Waals surface area (Å²) < 4.78 is 25.7. The summed E-state index contributed by atoms with van der Waals surface area (Å²) in [6, 6.07) is 0. The van der Waals surface area contributed by atoms with Gasteiger partial charge >= 0.3 is 0 Å². The molecule has 0 aliphatic carbocycles. The van der Waals surface area contributed by atoms with E-state index in [0.717, 1.165) is 6.42 Å². The van der Waals surface area contributed by atoms with Crippen molar-refractivity contribution in [3.05, 3.63) is 0 Å². The van der Waals surface area contributed by atoms with Crippen LogP contribution in [0.2, 0.25) is 0 Å². The van der Waals surface area contributed by atoms with Crippen LogP contribution < -0.4 is 0 Å². The van der Waals surface area contributed by atoms with Crippen molar-refractivity contribution < 1.29 is 23.7 Å². The molecule has 0 aromatic carbocycles. The Balaban J connectivity index is 1.92. The van der Waals surface area contributed by atoms with E-state index in [1.807, 2.05) is 0 Å². The summed E-state index contributed by atoms with van der Waals surface area (Å²) in [6.07, 6.45) is 0.360. The Hall–Kier alpha value is -0.200. The number of ether oxygens (including phenoxy) is 5. The minimum absolute atomic E-state index is 0.0986. The molecule has 14 heavy (non-hydrogen) atoms. The zero-order valence-electron chi connectivity index (χ0n) is 8.73. The van der Waals surface area contributed by atoms with Crippen LogP contribution in [0.3, 0.4) is 0 Å². The summed E-state index contributed by atoms with van der Waals surface area (Å²) in [4.78, 5) is 0. The highest BCUT2D eigenvalue weighted by Gasteiger charge is 2.15. The third-order valence-electron chi connectivity index (χ3n) is 1.97. The molecule has 0 bridgehead atoms. The van der Waals surface area contributed by atoms with E-state index in [4.69, 9.17) is 23.7 Å². The van der Waals surface area contributed by atoms with Gasteiger partial charge in [0.1, 0.15) is 0 Å².